The lowest BCUT2D eigenvalue weighted by Crippen LogP contribution is -2.09. The van der Waals surface area contributed by atoms with Crippen molar-refractivity contribution in [3.63, 3.8) is 0 Å². The molecule has 0 saturated heterocycles. The third-order valence-electron chi connectivity index (χ3n) is 2.43. The number of aliphatic hydroxyl groups is 1. The number of anilines is 1. The topological polar surface area (TPSA) is 41.5 Å². The van der Waals surface area contributed by atoms with Gasteiger partial charge in [0.05, 0.1) is 13.2 Å². The van der Waals surface area contributed by atoms with Gasteiger partial charge in [-0.2, -0.15) is 0 Å². The van der Waals surface area contributed by atoms with E-state index in [-0.39, 0.29) is 6.10 Å². The van der Waals surface area contributed by atoms with Gasteiger partial charge in [-0.15, -0.1) is 0 Å². The molecule has 0 aliphatic heterocycles. The lowest BCUT2D eigenvalue weighted by Gasteiger charge is -2.13. The summed E-state index contributed by atoms with van der Waals surface area (Å²) in [4.78, 5) is 0. The third kappa shape index (κ3) is 2.64. The summed E-state index contributed by atoms with van der Waals surface area (Å²) in [5.74, 6) is 0.832. The highest BCUT2D eigenvalue weighted by atomic mass is 16.5. The molecular formula is C13H15NO2. The molecule has 0 aromatic heterocycles. The monoisotopic (exact) mass is 217 g/mol. The molecule has 0 spiro atoms. The molecule has 0 bridgehead atoms. The lowest BCUT2D eigenvalue weighted by atomic mass is 10.1. The zero-order chi connectivity index (χ0) is 11.4. The summed E-state index contributed by atoms with van der Waals surface area (Å²) in [6.07, 6.45) is 6.04. The predicted octanol–water partition coefficient (Wildman–Crippen LogP) is 2.31. The van der Waals surface area contributed by atoms with E-state index < -0.39 is 0 Å². The van der Waals surface area contributed by atoms with E-state index in [9.17, 15) is 5.11 Å². The first-order valence-electron chi connectivity index (χ1n) is 5.25. The van der Waals surface area contributed by atoms with Crippen LogP contribution in [-0.4, -0.2) is 18.3 Å². The first-order valence-corrected chi connectivity index (χ1v) is 5.25. The summed E-state index contributed by atoms with van der Waals surface area (Å²) in [6, 6.07) is 7.67. The number of methoxy groups -OCH3 is 1. The number of hydrogen-bond donors (Lipinski definition) is 2. The van der Waals surface area contributed by atoms with Gasteiger partial charge in [0.25, 0.3) is 0 Å². The Labute approximate surface area is 95.1 Å². The highest BCUT2D eigenvalue weighted by Gasteiger charge is 2.05. The van der Waals surface area contributed by atoms with E-state index in [4.69, 9.17) is 4.74 Å². The number of benzene rings is 1. The third-order valence-corrected chi connectivity index (χ3v) is 2.43. The lowest BCUT2D eigenvalue weighted by molar-refractivity contribution is 0.225. The van der Waals surface area contributed by atoms with E-state index >= 15 is 0 Å². The van der Waals surface area contributed by atoms with Crippen LogP contribution in [0, 0.1) is 0 Å². The molecule has 1 aliphatic rings. The maximum absolute atomic E-state index is 9.45. The molecule has 0 amide bonds. The Kier molecular flexibility index (Phi) is 3.27. The Morgan fingerprint density at radius 2 is 2.06 bits per heavy atom. The van der Waals surface area contributed by atoms with Crippen LogP contribution in [0.4, 0.5) is 5.69 Å². The van der Waals surface area contributed by atoms with Gasteiger partial charge in [0.1, 0.15) is 5.75 Å². The van der Waals surface area contributed by atoms with Gasteiger partial charge in [-0.05, 0) is 42.8 Å². The number of rotatable bonds is 3. The van der Waals surface area contributed by atoms with Crippen LogP contribution >= 0.6 is 0 Å². The molecule has 84 valence electrons. The van der Waals surface area contributed by atoms with Crippen molar-refractivity contribution in [2.75, 3.05) is 12.4 Å². The Morgan fingerprint density at radius 3 is 2.69 bits per heavy atom. The molecule has 0 heterocycles. The van der Waals surface area contributed by atoms with Gasteiger partial charge in [0.15, 0.2) is 0 Å². The highest BCUT2D eigenvalue weighted by molar-refractivity contribution is 5.53. The first-order chi connectivity index (χ1) is 7.78. The molecule has 0 saturated carbocycles. The van der Waals surface area contributed by atoms with Gasteiger partial charge in [-0.25, -0.2) is 0 Å². The second-order valence-corrected chi connectivity index (χ2v) is 3.68. The molecule has 2 rings (SSSR count). The van der Waals surface area contributed by atoms with Crippen molar-refractivity contribution in [1.29, 1.82) is 0 Å². The fraction of sp³-hybridized carbons (Fsp3) is 0.231. The van der Waals surface area contributed by atoms with Crippen LogP contribution in [0.1, 0.15) is 6.42 Å². The Hall–Kier alpha value is -1.74. The normalized spacial score (nSPS) is 19.1. The molecule has 1 aromatic rings. The molecule has 2 N–H and O–H groups in total. The molecule has 1 atom stereocenters. The number of ether oxygens (including phenoxy) is 1. The van der Waals surface area contributed by atoms with E-state index in [1.54, 1.807) is 7.11 Å². The van der Waals surface area contributed by atoms with E-state index in [0.29, 0.717) is 6.42 Å². The van der Waals surface area contributed by atoms with Crippen LogP contribution in [0.2, 0.25) is 0 Å². The standard InChI is InChI=1S/C13H15NO2/c1-16-13-7-5-10(6-8-13)14-11-3-2-4-12(15)9-11/h2-3,5-9,12,14-15H,4H2,1H3. The van der Waals surface area contributed by atoms with E-state index in [1.165, 1.54) is 0 Å². The summed E-state index contributed by atoms with van der Waals surface area (Å²) < 4.78 is 5.08. The molecule has 1 unspecified atom stereocenters. The quantitative estimate of drug-likeness (QED) is 0.816. The van der Waals surface area contributed by atoms with Crippen LogP contribution in [0.15, 0.2) is 48.2 Å². The molecule has 1 aliphatic carbocycles. The van der Waals surface area contributed by atoms with Crippen molar-refractivity contribution in [2.24, 2.45) is 0 Å². The molecule has 0 fully saturated rings. The maximum atomic E-state index is 9.45. The van der Waals surface area contributed by atoms with Crippen molar-refractivity contribution in [1.82, 2.24) is 0 Å². The van der Waals surface area contributed by atoms with Gasteiger partial charge in [0, 0.05) is 11.4 Å². The predicted molar refractivity (Wildman–Crippen MR) is 64.5 cm³/mol. The molecule has 3 nitrogen and oxygen atoms in total. The zero-order valence-electron chi connectivity index (χ0n) is 9.18. The zero-order valence-corrected chi connectivity index (χ0v) is 9.18. The highest BCUT2D eigenvalue weighted by Crippen LogP contribution is 2.18. The molecule has 3 heteroatoms. The SMILES string of the molecule is COc1ccc(NC2=CC(O)CC=C2)cc1. The van der Waals surface area contributed by atoms with Crippen LogP contribution < -0.4 is 10.1 Å². The van der Waals surface area contributed by atoms with Crippen LogP contribution in [0.3, 0.4) is 0 Å². The smallest absolute Gasteiger partial charge is 0.119 e. The second kappa shape index (κ2) is 4.86. The summed E-state index contributed by atoms with van der Waals surface area (Å²) in [5, 5.41) is 12.7. The Bertz CT molecular complexity index is 406. The Morgan fingerprint density at radius 1 is 1.31 bits per heavy atom. The van der Waals surface area contributed by atoms with Gasteiger partial charge < -0.3 is 15.2 Å². The van der Waals surface area contributed by atoms with E-state index in [2.05, 4.69) is 5.32 Å². The minimum Gasteiger partial charge on any atom is -0.497 e. The average Bonchev–Trinajstić information content (AvgIpc) is 2.30. The van der Waals surface area contributed by atoms with E-state index in [1.807, 2.05) is 42.5 Å². The molecule has 16 heavy (non-hydrogen) atoms. The number of aliphatic hydroxyl groups excluding tert-OH is 1. The van der Waals surface area contributed by atoms with Crippen molar-refractivity contribution in [3.8, 4) is 5.75 Å². The van der Waals surface area contributed by atoms with Crippen LogP contribution in [-0.2, 0) is 0 Å². The Balaban J connectivity index is 2.06. The summed E-state index contributed by atoms with van der Waals surface area (Å²) in [5.41, 5.74) is 1.90. The van der Waals surface area contributed by atoms with Gasteiger partial charge >= 0.3 is 0 Å². The first kappa shape index (κ1) is 10.8. The minimum absolute atomic E-state index is 0.384. The number of allylic oxidation sites excluding steroid dienone is 1. The molecule has 1 aromatic carbocycles. The van der Waals surface area contributed by atoms with Gasteiger partial charge in [-0.3, -0.25) is 0 Å². The molecule has 0 radical (unpaired) electrons. The number of nitrogens with one attached hydrogen (secondary N) is 1. The van der Waals surface area contributed by atoms with Crippen molar-refractivity contribution >= 4 is 5.69 Å². The maximum Gasteiger partial charge on any atom is 0.119 e. The van der Waals surface area contributed by atoms with Crippen molar-refractivity contribution in [3.05, 3.63) is 48.2 Å². The van der Waals surface area contributed by atoms with Crippen molar-refractivity contribution in [2.45, 2.75) is 12.5 Å². The summed E-state index contributed by atoms with van der Waals surface area (Å²) in [6.45, 7) is 0. The molecular weight excluding hydrogens is 202 g/mol. The van der Waals surface area contributed by atoms with Gasteiger partial charge in [-0.1, -0.05) is 6.08 Å². The summed E-state index contributed by atoms with van der Waals surface area (Å²) >= 11 is 0. The fourth-order valence-corrected chi connectivity index (χ4v) is 1.59. The minimum atomic E-state index is -0.384. The van der Waals surface area contributed by atoms with Crippen LogP contribution in [0.25, 0.3) is 0 Å². The van der Waals surface area contributed by atoms with Gasteiger partial charge in [0.2, 0.25) is 0 Å². The largest absolute Gasteiger partial charge is 0.497 e. The number of hydrogen-bond acceptors (Lipinski definition) is 3. The summed E-state index contributed by atoms with van der Waals surface area (Å²) in [7, 11) is 1.64. The fourth-order valence-electron chi connectivity index (χ4n) is 1.59. The van der Waals surface area contributed by atoms with Crippen molar-refractivity contribution < 1.29 is 9.84 Å². The van der Waals surface area contributed by atoms with E-state index in [0.717, 1.165) is 17.1 Å². The van der Waals surface area contributed by atoms with Crippen LogP contribution in [0.5, 0.6) is 5.75 Å². The second-order valence-electron chi connectivity index (χ2n) is 3.68. The average molecular weight is 217 g/mol.